The minimum Gasteiger partial charge on any atom is -0.206 e. The van der Waals surface area contributed by atoms with Gasteiger partial charge in [-0.15, -0.1) is 11.3 Å². The van der Waals surface area contributed by atoms with Gasteiger partial charge in [-0.1, -0.05) is 6.92 Å². The molecule has 1 aromatic heterocycles. The fourth-order valence-corrected chi connectivity index (χ4v) is 4.40. The average molecular weight is 272 g/mol. The van der Waals surface area contributed by atoms with Gasteiger partial charge in [0.1, 0.15) is 4.21 Å². The highest BCUT2D eigenvalue weighted by molar-refractivity contribution is 7.91. The van der Waals surface area contributed by atoms with Crippen molar-refractivity contribution in [2.45, 2.75) is 25.0 Å². The Morgan fingerprint density at radius 3 is 2.59 bits per heavy atom. The van der Waals surface area contributed by atoms with Crippen molar-refractivity contribution in [1.29, 1.82) is 5.26 Å². The van der Waals surface area contributed by atoms with Crippen LogP contribution in [0.5, 0.6) is 0 Å². The number of aryl methyl sites for hydroxylation is 1. The number of thiophene rings is 1. The summed E-state index contributed by atoms with van der Waals surface area (Å²) in [5, 5.41) is 8.75. The summed E-state index contributed by atoms with van der Waals surface area (Å²) in [6.07, 6.45) is 0. The molecule has 1 heterocycles. The first-order valence-electron chi connectivity index (χ1n) is 5.38. The lowest BCUT2D eigenvalue weighted by molar-refractivity contribution is 0.401. The molecule has 0 saturated carbocycles. The molecule has 0 spiro atoms. The van der Waals surface area contributed by atoms with Crippen LogP contribution in [0, 0.1) is 24.2 Å². The smallest absolute Gasteiger partial charge is 0.206 e. The molecule has 0 N–H and O–H groups in total. The number of hydrogen-bond acceptors (Lipinski definition) is 4. The van der Waals surface area contributed by atoms with Crippen LogP contribution in [0.1, 0.15) is 18.7 Å². The van der Waals surface area contributed by atoms with Gasteiger partial charge in [0.05, 0.1) is 12.0 Å². The van der Waals surface area contributed by atoms with E-state index in [2.05, 4.69) is 6.07 Å². The van der Waals surface area contributed by atoms with Crippen LogP contribution in [0.4, 0.5) is 0 Å². The maximum absolute atomic E-state index is 12.3. The standard InChI is InChI=1S/C11H16N2O2S2/c1-4-13(8-9(2)7-12)17(14,15)11-6-5-10(3)16-11/h5-6,9H,4,8H2,1-3H3. The Morgan fingerprint density at radius 2 is 2.18 bits per heavy atom. The zero-order chi connectivity index (χ0) is 13.1. The predicted octanol–water partition coefficient (Wildman–Crippen LogP) is 2.23. The number of hydrogen-bond donors (Lipinski definition) is 0. The number of sulfonamides is 1. The largest absolute Gasteiger partial charge is 0.252 e. The highest BCUT2D eigenvalue weighted by Gasteiger charge is 2.25. The van der Waals surface area contributed by atoms with Crippen molar-refractivity contribution in [3.05, 3.63) is 17.0 Å². The third kappa shape index (κ3) is 3.28. The van der Waals surface area contributed by atoms with Crippen molar-refractivity contribution in [3.63, 3.8) is 0 Å². The molecule has 1 atom stereocenters. The Bertz CT molecular complexity index is 514. The van der Waals surface area contributed by atoms with Gasteiger partial charge in [0.2, 0.25) is 0 Å². The lowest BCUT2D eigenvalue weighted by atomic mass is 10.2. The summed E-state index contributed by atoms with van der Waals surface area (Å²) < 4.78 is 26.2. The third-order valence-electron chi connectivity index (χ3n) is 2.36. The van der Waals surface area contributed by atoms with Gasteiger partial charge in [0.25, 0.3) is 10.0 Å². The van der Waals surface area contributed by atoms with E-state index in [1.165, 1.54) is 15.6 Å². The Labute approximate surface area is 107 Å². The van der Waals surface area contributed by atoms with E-state index in [1.807, 2.05) is 6.92 Å². The summed E-state index contributed by atoms with van der Waals surface area (Å²) in [7, 11) is -3.43. The van der Waals surface area contributed by atoms with Gasteiger partial charge in [-0.05, 0) is 26.0 Å². The summed E-state index contributed by atoms with van der Waals surface area (Å²) in [5.74, 6) is -0.300. The molecule has 0 amide bonds. The molecule has 0 radical (unpaired) electrons. The van der Waals surface area contributed by atoms with E-state index in [-0.39, 0.29) is 12.5 Å². The molecule has 1 rings (SSSR count). The molecule has 17 heavy (non-hydrogen) atoms. The van der Waals surface area contributed by atoms with Crippen molar-refractivity contribution in [1.82, 2.24) is 4.31 Å². The minimum absolute atomic E-state index is 0.242. The zero-order valence-corrected chi connectivity index (χ0v) is 11.8. The van der Waals surface area contributed by atoms with E-state index in [1.54, 1.807) is 26.0 Å². The second kappa shape index (κ2) is 5.63. The zero-order valence-electron chi connectivity index (χ0n) is 10.2. The molecule has 0 aliphatic rings. The highest BCUT2D eigenvalue weighted by Crippen LogP contribution is 2.24. The first-order chi connectivity index (χ1) is 7.91. The van der Waals surface area contributed by atoms with E-state index in [4.69, 9.17) is 5.26 Å². The first kappa shape index (κ1) is 14.2. The van der Waals surface area contributed by atoms with E-state index in [0.717, 1.165) is 4.88 Å². The number of nitrogens with zero attached hydrogens (tertiary/aromatic N) is 2. The minimum atomic E-state index is -3.43. The Morgan fingerprint density at radius 1 is 1.53 bits per heavy atom. The molecule has 4 nitrogen and oxygen atoms in total. The second-order valence-corrected chi connectivity index (χ2v) is 7.30. The van der Waals surface area contributed by atoms with Crippen LogP contribution in [-0.4, -0.2) is 25.8 Å². The normalized spacial score (nSPS) is 13.6. The third-order valence-corrected chi connectivity index (χ3v) is 5.77. The Balaban J connectivity index is 2.99. The van der Waals surface area contributed by atoms with Crippen LogP contribution >= 0.6 is 11.3 Å². The summed E-state index contributed by atoms with van der Waals surface area (Å²) >= 11 is 1.26. The lowest BCUT2D eigenvalue weighted by Crippen LogP contribution is -2.33. The molecular weight excluding hydrogens is 256 g/mol. The van der Waals surface area contributed by atoms with Crippen LogP contribution in [-0.2, 0) is 10.0 Å². The average Bonchev–Trinajstić information content (AvgIpc) is 2.72. The topological polar surface area (TPSA) is 61.2 Å². The van der Waals surface area contributed by atoms with Gasteiger partial charge >= 0.3 is 0 Å². The van der Waals surface area contributed by atoms with E-state index in [0.29, 0.717) is 10.8 Å². The van der Waals surface area contributed by atoms with Crippen molar-refractivity contribution >= 4 is 21.4 Å². The van der Waals surface area contributed by atoms with E-state index in [9.17, 15) is 8.42 Å². The molecule has 0 aliphatic carbocycles. The molecule has 6 heteroatoms. The fraction of sp³-hybridized carbons (Fsp3) is 0.545. The Kier molecular flexibility index (Phi) is 4.69. The van der Waals surface area contributed by atoms with Gasteiger partial charge in [-0.2, -0.15) is 9.57 Å². The summed E-state index contributed by atoms with van der Waals surface area (Å²) in [6, 6.07) is 5.47. The number of nitriles is 1. The maximum Gasteiger partial charge on any atom is 0.252 e. The molecule has 94 valence electrons. The van der Waals surface area contributed by atoms with E-state index < -0.39 is 10.0 Å². The quantitative estimate of drug-likeness (QED) is 0.825. The first-order valence-corrected chi connectivity index (χ1v) is 7.63. The number of rotatable bonds is 5. The molecule has 0 fully saturated rings. The van der Waals surface area contributed by atoms with Gasteiger partial charge in [-0.25, -0.2) is 8.42 Å². The van der Waals surface area contributed by atoms with Crippen LogP contribution in [0.25, 0.3) is 0 Å². The van der Waals surface area contributed by atoms with Gasteiger partial charge in [-0.3, -0.25) is 0 Å². The molecule has 1 unspecified atom stereocenters. The molecule has 0 aromatic carbocycles. The van der Waals surface area contributed by atoms with Crippen molar-refractivity contribution < 1.29 is 8.42 Å². The van der Waals surface area contributed by atoms with Crippen LogP contribution in [0.15, 0.2) is 16.3 Å². The monoisotopic (exact) mass is 272 g/mol. The SMILES string of the molecule is CCN(CC(C)C#N)S(=O)(=O)c1ccc(C)s1. The van der Waals surface area contributed by atoms with Gasteiger partial charge in [0, 0.05) is 18.0 Å². The lowest BCUT2D eigenvalue weighted by Gasteiger charge is -2.20. The fourth-order valence-electron chi connectivity index (χ4n) is 1.42. The molecule has 0 aliphatic heterocycles. The van der Waals surface area contributed by atoms with Crippen LogP contribution < -0.4 is 0 Å². The van der Waals surface area contributed by atoms with Gasteiger partial charge in [0.15, 0.2) is 0 Å². The van der Waals surface area contributed by atoms with Crippen molar-refractivity contribution in [2.75, 3.05) is 13.1 Å². The summed E-state index contributed by atoms with van der Waals surface area (Å²) in [5.41, 5.74) is 0. The second-order valence-electron chi connectivity index (χ2n) is 3.85. The molecule has 1 aromatic rings. The van der Waals surface area contributed by atoms with Crippen LogP contribution in [0.3, 0.4) is 0 Å². The predicted molar refractivity (Wildman–Crippen MR) is 68.3 cm³/mol. The Hall–Kier alpha value is -0.900. The summed E-state index contributed by atoms with van der Waals surface area (Å²) in [6.45, 7) is 6.00. The maximum atomic E-state index is 12.3. The van der Waals surface area contributed by atoms with Crippen molar-refractivity contribution in [3.8, 4) is 6.07 Å². The van der Waals surface area contributed by atoms with Gasteiger partial charge < -0.3 is 0 Å². The highest BCUT2D eigenvalue weighted by atomic mass is 32.2. The molecular formula is C11H16N2O2S2. The van der Waals surface area contributed by atoms with Crippen molar-refractivity contribution in [2.24, 2.45) is 5.92 Å². The van der Waals surface area contributed by atoms with Crippen LogP contribution in [0.2, 0.25) is 0 Å². The molecule has 0 bridgehead atoms. The summed E-state index contributed by atoms with van der Waals surface area (Å²) in [4.78, 5) is 0.966. The van der Waals surface area contributed by atoms with E-state index >= 15 is 0 Å². The molecule has 0 saturated heterocycles.